The number of aromatic nitrogens is 2. The Labute approximate surface area is 142 Å². The number of ether oxygens (including phenoxy) is 1. The number of amides is 1. The number of fused-ring (bicyclic) bond motifs is 1. The van der Waals surface area contributed by atoms with E-state index in [0.717, 1.165) is 21.6 Å². The maximum atomic E-state index is 12.1. The Hall–Kier alpha value is -2.34. The lowest BCUT2D eigenvalue weighted by molar-refractivity contribution is 0.0953. The molecule has 0 saturated carbocycles. The first-order valence-electron chi connectivity index (χ1n) is 7.22. The van der Waals surface area contributed by atoms with Gasteiger partial charge in [-0.1, -0.05) is 12.1 Å². The van der Waals surface area contributed by atoms with Crippen LogP contribution in [0.5, 0.6) is 5.75 Å². The highest BCUT2D eigenvalue weighted by molar-refractivity contribution is 9.10. The van der Waals surface area contributed by atoms with Gasteiger partial charge in [0.25, 0.3) is 5.91 Å². The number of carbonyl (C=O) groups is 1. The molecule has 0 saturated heterocycles. The van der Waals surface area contributed by atoms with Crippen molar-refractivity contribution in [2.24, 2.45) is 0 Å². The van der Waals surface area contributed by atoms with Crippen LogP contribution in [0.15, 0.2) is 53.3 Å². The molecule has 6 heteroatoms. The van der Waals surface area contributed by atoms with E-state index < -0.39 is 0 Å². The average Bonchev–Trinajstić information content (AvgIpc) is 2.97. The van der Waals surface area contributed by atoms with Gasteiger partial charge in [0.2, 0.25) is 0 Å². The molecule has 5 nitrogen and oxygen atoms in total. The van der Waals surface area contributed by atoms with Gasteiger partial charge in [-0.25, -0.2) is 4.98 Å². The third kappa shape index (κ3) is 3.37. The van der Waals surface area contributed by atoms with E-state index in [1.165, 1.54) is 0 Å². The van der Waals surface area contributed by atoms with Crippen LogP contribution >= 0.6 is 15.9 Å². The lowest BCUT2D eigenvalue weighted by Crippen LogP contribution is -2.26. The zero-order valence-corrected chi connectivity index (χ0v) is 14.2. The highest BCUT2D eigenvalue weighted by Crippen LogP contribution is 2.18. The topological polar surface area (TPSA) is 55.6 Å². The third-order valence-electron chi connectivity index (χ3n) is 3.50. The summed E-state index contributed by atoms with van der Waals surface area (Å²) in [6, 6.07) is 11.1. The molecule has 2 heterocycles. The van der Waals surface area contributed by atoms with E-state index >= 15 is 0 Å². The number of hydrogen-bond acceptors (Lipinski definition) is 3. The second kappa shape index (κ2) is 6.83. The summed E-state index contributed by atoms with van der Waals surface area (Å²) >= 11 is 3.38. The Bertz CT molecular complexity index is 845. The zero-order chi connectivity index (χ0) is 16.2. The molecule has 118 valence electrons. The molecule has 0 aliphatic heterocycles. The van der Waals surface area contributed by atoms with E-state index in [1.807, 2.05) is 47.1 Å². The first kappa shape index (κ1) is 15.6. The Morgan fingerprint density at radius 3 is 2.91 bits per heavy atom. The summed E-state index contributed by atoms with van der Waals surface area (Å²) in [5, 5.41) is 2.91. The minimum atomic E-state index is -0.0983. The monoisotopic (exact) mass is 373 g/mol. The zero-order valence-electron chi connectivity index (χ0n) is 12.6. The van der Waals surface area contributed by atoms with Crippen molar-refractivity contribution in [1.82, 2.24) is 14.7 Å². The fourth-order valence-electron chi connectivity index (χ4n) is 2.36. The molecule has 0 bridgehead atoms. The molecule has 0 radical (unpaired) electrons. The minimum absolute atomic E-state index is 0.0983. The van der Waals surface area contributed by atoms with E-state index in [4.69, 9.17) is 4.74 Å². The molecule has 0 aliphatic rings. The van der Waals surface area contributed by atoms with Crippen LogP contribution < -0.4 is 10.1 Å². The van der Waals surface area contributed by atoms with Crippen molar-refractivity contribution in [3.8, 4) is 5.75 Å². The number of pyridine rings is 1. The van der Waals surface area contributed by atoms with E-state index in [2.05, 4.69) is 26.2 Å². The number of halogens is 1. The highest BCUT2D eigenvalue weighted by atomic mass is 79.9. The Morgan fingerprint density at radius 2 is 2.13 bits per heavy atom. The van der Waals surface area contributed by atoms with E-state index in [-0.39, 0.29) is 5.91 Å². The maximum absolute atomic E-state index is 12.1. The molecule has 3 aromatic rings. The van der Waals surface area contributed by atoms with Gasteiger partial charge in [0.05, 0.1) is 18.4 Å². The van der Waals surface area contributed by atoms with Crippen LogP contribution in [0.2, 0.25) is 0 Å². The summed E-state index contributed by atoms with van der Waals surface area (Å²) in [4.78, 5) is 16.7. The maximum Gasteiger partial charge on any atom is 0.252 e. The quantitative estimate of drug-likeness (QED) is 0.747. The summed E-state index contributed by atoms with van der Waals surface area (Å²) in [6.45, 7) is 0.520. The van der Waals surface area contributed by atoms with Crippen molar-refractivity contribution in [1.29, 1.82) is 0 Å². The van der Waals surface area contributed by atoms with Gasteiger partial charge in [-0.15, -0.1) is 0 Å². The van der Waals surface area contributed by atoms with Crippen LogP contribution in [-0.4, -0.2) is 28.9 Å². The first-order valence-corrected chi connectivity index (χ1v) is 8.01. The Kier molecular flexibility index (Phi) is 4.62. The van der Waals surface area contributed by atoms with Crippen LogP contribution in [0.25, 0.3) is 5.65 Å². The van der Waals surface area contributed by atoms with Crippen LogP contribution in [-0.2, 0) is 6.42 Å². The summed E-state index contributed by atoms with van der Waals surface area (Å²) in [6.07, 6.45) is 4.53. The Balaban J connectivity index is 1.65. The lowest BCUT2D eigenvalue weighted by atomic mass is 10.2. The molecule has 0 unspecified atom stereocenters. The number of nitrogens with zero attached hydrogens (tertiary/aromatic N) is 2. The molecule has 1 aromatic carbocycles. The number of methoxy groups -OCH3 is 1. The van der Waals surface area contributed by atoms with Crippen molar-refractivity contribution in [2.75, 3.05) is 13.7 Å². The van der Waals surface area contributed by atoms with Gasteiger partial charge in [0, 0.05) is 29.8 Å². The summed E-state index contributed by atoms with van der Waals surface area (Å²) in [7, 11) is 1.63. The van der Waals surface area contributed by atoms with E-state index in [9.17, 15) is 4.79 Å². The summed E-state index contributed by atoms with van der Waals surface area (Å²) in [5.74, 6) is 0.634. The van der Waals surface area contributed by atoms with Crippen LogP contribution in [0.4, 0.5) is 0 Å². The van der Waals surface area contributed by atoms with Gasteiger partial charge >= 0.3 is 0 Å². The second-order valence-corrected chi connectivity index (χ2v) is 5.88. The Morgan fingerprint density at radius 1 is 1.30 bits per heavy atom. The second-order valence-electron chi connectivity index (χ2n) is 5.03. The van der Waals surface area contributed by atoms with Crippen LogP contribution in [0, 0.1) is 0 Å². The van der Waals surface area contributed by atoms with E-state index in [0.29, 0.717) is 18.5 Å². The number of hydrogen-bond donors (Lipinski definition) is 1. The van der Waals surface area contributed by atoms with E-state index in [1.54, 1.807) is 13.2 Å². The van der Waals surface area contributed by atoms with Crippen molar-refractivity contribution in [2.45, 2.75) is 6.42 Å². The van der Waals surface area contributed by atoms with Crippen molar-refractivity contribution in [3.05, 3.63) is 64.5 Å². The lowest BCUT2D eigenvalue weighted by Gasteiger charge is -2.05. The predicted octanol–water partition coefficient (Wildman–Crippen LogP) is 3.08. The smallest absolute Gasteiger partial charge is 0.252 e. The molecule has 0 spiro atoms. The number of rotatable bonds is 5. The van der Waals surface area contributed by atoms with Crippen LogP contribution in [0.1, 0.15) is 16.1 Å². The fourth-order valence-corrected chi connectivity index (χ4v) is 2.83. The molecular weight excluding hydrogens is 358 g/mol. The van der Waals surface area contributed by atoms with Gasteiger partial charge in [-0.05, 0) is 40.2 Å². The van der Waals surface area contributed by atoms with Gasteiger partial charge in [-0.3, -0.25) is 4.79 Å². The molecule has 0 atom stereocenters. The van der Waals surface area contributed by atoms with Gasteiger partial charge in [0.1, 0.15) is 0 Å². The molecule has 3 rings (SSSR count). The minimum Gasteiger partial charge on any atom is -0.493 e. The van der Waals surface area contributed by atoms with Crippen molar-refractivity contribution < 1.29 is 9.53 Å². The molecule has 23 heavy (non-hydrogen) atoms. The number of nitrogens with one attached hydrogen (secondary N) is 1. The van der Waals surface area contributed by atoms with Gasteiger partial charge in [0.15, 0.2) is 11.4 Å². The van der Waals surface area contributed by atoms with Crippen molar-refractivity contribution in [3.63, 3.8) is 0 Å². The summed E-state index contributed by atoms with van der Waals surface area (Å²) in [5.41, 5.74) is 2.31. The average molecular weight is 374 g/mol. The van der Waals surface area contributed by atoms with Gasteiger partial charge < -0.3 is 14.5 Å². The molecular formula is C17H16BrN3O2. The molecule has 0 fully saturated rings. The van der Waals surface area contributed by atoms with Crippen LogP contribution in [0.3, 0.4) is 0 Å². The number of benzene rings is 1. The molecule has 2 aromatic heterocycles. The number of carbonyl (C=O) groups excluding carboxylic acids is 1. The SMILES string of the molecule is COc1cccn2cc(CCNC(=O)c3ccccc3Br)nc12. The third-order valence-corrected chi connectivity index (χ3v) is 4.19. The normalized spacial score (nSPS) is 10.7. The molecule has 1 amide bonds. The highest BCUT2D eigenvalue weighted by Gasteiger charge is 2.10. The standard InChI is InChI=1S/C17H16BrN3O2/c1-23-15-7-4-10-21-11-12(20-16(15)21)8-9-19-17(22)13-5-2-3-6-14(13)18/h2-7,10-11H,8-9H2,1H3,(H,19,22). The van der Waals surface area contributed by atoms with Gasteiger partial charge in [-0.2, -0.15) is 0 Å². The summed E-state index contributed by atoms with van der Waals surface area (Å²) < 4.78 is 8.00. The largest absolute Gasteiger partial charge is 0.493 e. The molecule has 0 aliphatic carbocycles. The molecule has 1 N–H and O–H groups in total. The number of imidazole rings is 1. The van der Waals surface area contributed by atoms with Crippen molar-refractivity contribution >= 4 is 27.5 Å². The fraction of sp³-hybridized carbons (Fsp3) is 0.176. The first-order chi connectivity index (χ1) is 11.2. The predicted molar refractivity (Wildman–Crippen MR) is 91.9 cm³/mol.